The quantitative estimate of drug-likeness (QED) is 0.324. The van der Waals surface area contributed by atoms with Crippen LogP contribution in [0.1, 0.15) is 13.3 Å². The molecule has 0 aliphatic rings. The first-order chi connectivity index (χ1) is 5.52. The molecule has 0 aromatic heterocycles. The molecule has 2 N–H and O–H groups in total. The molecule has 0 fully saturated rings. The van der Waals surface area contributed by atoms with Crippen LogP contribution in [0.15, 0.2) is 0 Å². The van der Waals surface area contributed by atoms with Gasteiger partial charge in [-0.25, -0.2) is 0 Å². The molecule has 0 rings (SSSR count). The molecule has 0 radical (unpaired) electrons. The lowest BCUT2D eigenvalue weighted by Gasteiger charge is -2.07. The van der Waals surface area contributed by atoms with E-state index in [0.717, 1.165) is 0 Å². The van der Waals surface area contributed by atoms with Gasteiger partial charge in [-0.15, -0.1) is 4.33 Å². The van der Waals surface area contributed by atoms with Crippen molar-refractivity contribution in [1.29, 1.82) is 0 Å². The van der Waals surface area contributed by atoms with Crippen LogP contribution in [-0.2, 0) is 19.3 Å². The second-order valence-electron chi connectivity index (χ2n) is 1.98. The number of aliphatic hydroxyl groups is 2. The van der Waals surface area contributed by atoms with Crippen molar-refractivity contribution in [2.75, 3.05) is 12.4 Å². The molecule has 74 valence electrons. The Labute approximate surface area is 70.8 Å². The van der Waals surface area contributed by atoms with Crippen molar-refractivity contribution in [3.63, 3.8) is 0 Å². The first-order valence-corrected chi connectivity index (χ1v) is 4.96. The molecule has 0 saturated carbocycles. The highest BCUT2D eigenvalue weighted by Crippen LogP contribution is 1.99. The Morgan fingerprint density at radius 3 is 2.50 bits per heavy atom. The summed E-state index contributed by atoms with van der Waals surface area (Å²) in [6.45, 7) is 1.06. The third-order valence-electron chi connectivity index (χ3n) is 0.984. The second kappa shape index (κ2) is 5.44. The normalized spacial score (nSPS) is 14.6. The van der Waals surface area contributed by atoms with E-state index in [0.29, 0.717) is 0 Å². The van der Waals surface area contributed by atoms with Gasteiger partial charge in [-0.1, -0.05) is 0 Å². The highest BCUT2D eigenvalue weighted by molar-refractivity contribution is 7.86. The molecule has 0 saturated heterocycles. The summed E-state index contributed by atoms with van der Waals surface area (Å²) in [5, 5.41) is 17.0. The van der Waals surface area contributed by atoms with Crippen molar-refractivity contribution >= 4 is 10.1 Å². The first-order valence-electron chi connectivity index (χ1n) is 3.38. The number of aliphatic hydroxyl groups excluding tert-OH is 2. The van der Waals surface area contributed by atoms with E-state index in [-0.39, 0.29) is 18.8 Å². The van der Waals surface area contributed by atoms with Gasteiger partial charge < -0.3 is 10.2 Å². The number of hydrogen-bond acceptors (Lipinski definition) is 6. The summed E-state index contributed by atoms with van der Waals surface area (Å²) in [5.74, 6) is -0.237. The van der Waals surface area contributed by atoms with Crippen molar-refractivity contribution < 1.29 is 27.9 Å². The van der Waals surface area contributed by atoms with E-state index in [1.54, 1.807) is 0 Å². The van der Waals surface area contributed by atoms with E-state index in [1.165, 1.54) is 6.92 Å². The Morgan fingerprint density at radius 1 is 1.50 bits per heavy atom. The van der Waals surface area contributed by atoms with Crippen LogP contribution in [-0.4, -0.2) is 37.3 Å². The van der Waals surface area contributed by atoms with Gasteiger partial charge >= 0.3 is 0 Å². The Bertz CT molecular complexity index is 198. The molecule has 0 aromatic rings. The molecule has 1 atom stereocenters. The highest BCUT2D eigenvalue weighted by atomic mass is 32.2. The molecule has 0 bridgehead atoms. The molecule has 0 aliphatic heterocycles. The van der Waals surface area contributed by atoms with E-state index in [1.807, 2.05) is 0 Å². The summed E-state index contributed by atoms with van der Waals surface area (Å²) in [6, 6.07) is 0. The van der Waals surface area contributed by atoms with E-state index in [4.69, 9.17) is 10.2 Å². The lowest BCUT2D eigenvalue weighted by Crippen LogP contribution is -2.18. The van der Waals surface area contributed by atoms with Crippen LogP contribution < -0.4 is 0 Å². The molecule has 6 nitrogen and oxygen atoms in total. The van der Waals surface area contributed by atoms with Crippen molar-refractivity contribution in [3.8, 4) is 0 Å². The van der Waals surface area contributed by atoms with Gasteiger partial charge in [0.25, 0.3) is 10.1 Å². The van der Waals surface area contributed by atoms with Crippen LogP contribution in [0, 0.1) is 0 Å². The molecular formula is C5H12O6S. The first kappa shape index (κ1) is 11.8. The van der Waals surface area contributed by atoms with Crippen molar-refractivity contribution in [3.05, 3.63) is 0 Å². The zero-order valence-corrected chi connectivity index (χ0v) is 7.45. The predicted octanol–water partition coefficient (Wildman–Crippen LogP) is -1.01. The van der Waals surface area contributed by atoms with Gasteiger partial charge in [0, 0.05) is 13.0 Å². The average molecular weight is 200 g/mol. The van der Waals surface area contributed by atoms with Gasteiger partial charge in [-0.05, 0) is 6.92 Å². The summed E-state index contributed by atoms with van der Waals surface area (Å²) >= 11 is 0. The SMILES string of the molecule is CCS(=O)(=O)OOC(O)CCO. The third-order valence-corrected chi connectivity index (χ3v) is 1.98. The smallest absolute Gasteiger partial charge is 0.293 e. The van der Waals surface area contributed by atoms with Crippen LogP contribution in [0.3, 0.4) is 0 Å². The fourth-order valence-electron chi connectivity index (χ4n) is 0.312. The molecule has 0 amide bonds. The van der Waals surface area contributed by atoms with Crippen LogP contribution in [0.4, 0.5) is 0 Å². The van der Waals surface area contributed by atoms with Crippen molar-refractivity contribution in [2.24, 2.45) is 0 Å². The summed E-state index contributed by atoms with van der Waals surface area (Å²) < 4.78 is 25.1. The standard InChI is InChI=1S/C5H12O6S/c1-2-12(8,9)11-10-5(7)3-4-6/h5-7H,2-4H2,1H3. The Morgan fingerprint density at radius 2 is 2.08 bits per heavy atom. The fourth-order valence-corrected chi connectivity index (χ4v) is 0.618. The largest absolute Gasteiger partial charge is 0.396 e. The maximum Gasteiger partial charge on any atom is 0.293 e. The van der Waals surface area contributed by atoms with E-state index in [9.17, 15) is 8.42 Å². The lowest BCUT2D eigenvalue weighted by molar-refractivity contribution is -0.305. The number of hydrogen-bond donors (Lipinski definition) is 2. The van der Waals surface area contributed by atoms with Gasteiger partial charge in [0.1, 0.15) is 0 Å². The van der Waals surface area contributed by atoms with Gasteiger partial charge in [0.15, 0.2) is 6.29 Å². The molecule has 0 heterocycles. The molecule has 0 aromatic carbocycles. The fraction of sp³-hybridized carbons (Fsp3) is 1.00. The van der Waals surface area contributed by atoms with Crippen LogP contribution >= 0.6 is 0 Å². The van der Waals surface area contributed by atoms with Gasteiger partial charge in [-0.2, -0.15) is 13.3 Å². The van der Waals surface area contributed by atoms with E-state index in [2.05, 4.69) is 9.22 Å². The van der Waals surface area contributed by atoms with Gasteiger partial charge in [0.2, 0.25) is 0 Å². The van der Waals surface area contributed by atoms with E-state index >= 15 is 0 Å². The molecule has 0 aliphatic carbocycles. The summed E-state index contributed by atoms with van der Waals surface area (Å²) in [4.78, 5) is 4.05. The monoisotopic (exact) mass is 200 g/mol. The Hall–Kier alpha value is -0.210. The van der Waals surface area contributed by atoms with Crippen molar-refractivity contribution in [1.82, 2.24) is 0 Å². The van der Waals surface area contributed by atoms with Crippen LogP contribution in [0.5, 0.6) is 0 Å². The molecule has 0 spiro atoms. The molecule has 7 heteroatoms. The van der Waals surface area contributed by atoms with Crippen molar-refractivity contribution in [2.45, 2.75) is 19.6 Å². The van der Waals surface area contributed by atoms with Crippen LogP contribution in [0.2, 0.25) is 0 Å². The highest BCUT2D eigenvalue weighted by Gasteiger charge is 2.12. The Kier molecular flexibility index (Phi) is 5.34. The second-order valence-corrected chi connectivity index (χ2v) is 3.81. The van der Waals surface area contributed by atoms with E-state index < -0.39 is 16.4 Å². The Balaban J connectivity index is 3.68. The van der Waals surface area contributed by atoms with Gasteiger partial charge in [-0.3, -0.25) is 0 Å². The topological polar surface area (TPSA) is 93.1 Å². The average Bonchev–Trinajstić information content (AvgIpc) is 2.02. The predicted molar refractivity (Wildman–Crippen MR) is 39.3 cm³/mol. The summed E-state index contributed by atoms with van der Waals surface area (Å²) in [7, 11) is -3.70. The molecular weight excluding hydrogens is 188 g/mol. The minimum atomic E-state index is -3.70. The van der Waals surface area contributed by atoms with Gasteiger partial charge in [0.05, 0.1) is 5.75 Å². The lowest BCUT2D eigenvalue weighted by atomic mass is 10.5. The van der Waals surface area contributed by atoms with Crippen LogP contribution in [0.25, 0.3) is 0 Å². The minimum absolute atomic E-state index is 0.0980. The zero-order chi connectivity index (χ0) is 9.61. The summed E-state index contributed by atoms with van der Waals surface area (Å²) in [6.07, 6.45) is -1.52. The maximum absolute atomic E-state index is 10.6. The maximum atomic E-state index is 10.6. The molecule has 12 heavy (non-hydrogen) atoms. The minimum Gasteiger partial charge on any atom is -0.396 e. The number of rotatable bonds is 6. The third kappa shape index (κ3) is 5.44. The zero-order valence-electron chi connectivity index (χ0n) is 6.63. The molecule has 1 unspecified atom stereocenters. The summed E-state index contributed by atoms with van der Waals surface area (Å²) in [5.41, 5.74) is 0.